The molecular formula is C54H79N3O17. The molecule has 0 saturated carbocycles. The number of amides is 2. The highest BCUT2D eigenvalue weighted by atomic mass is 16.7. The van der Waals surface area contributed by atoms with Crippen LogP contribution in [0, 0.1) is 17.8 Å². The van der Waals surface area contributed by atoms with Crippen LogP contribution in [0.15, 0.2) is 115 Å². The second kappa shape index (κ2) is 30.7. The zero-order valence-electron chi connectivity index (χ0n) is 42.4. The van der Waals surface area contributed by atoms with Gasteiger partial charge in [0.2, 0.25) is 5.91 Å². The summed E-state index contributed by atoms with van der Waals surface area (Å²) in [6.45, 7) is 6.74. The van der Waals surface area contributed by atoms with Crippen molar-refractivity contribution in [1.29, 1.82) is 0 Å². The highest BCUT2D eigenvalue weighted by Crippen LogP contribution is 2.38. The topological polar surface area (TPSA) is 341 Å². The maximum atomic E-state index is 13.9. The quantitative estimate of drug-likeness (QED) is 0.148. The van der Waals surface area contributed by atoms with Crippen molar-refractivity contribution in [3.8, 4) is 0 Å². The van der Waals surface area contributed by atoms with E-state index in [-0.39, 0.29) is 37.2 Å². The van der Waals surface area contributed by atoms with Crippen LogP contribution in [0.2, 0.25) is 0 Å². The first-order chi connectivity index (χ1) is 35.1. The van der Waals surface area contributed by atoms with Gasteiger partial charge in [0, 0.05) is 43.1 Å². The van der Waals surface area contributed by atoms with Crippen LogP contribution in [0.5, 0.6) is 0 Å². The molecule has 19 atom stereocenters. The fourth-order valence-electron chi connectivity index (χ4n) is 8.85. The van der Waals surface area contributed by atoms with Crippen LogP contribution in [0.4, 0.5) is 0 Å². The minimum Gasteiger partial charge on any atom is -0.462 e. The molecule has 412 valence electrons. The Morgan fingerprint density at radius 3 is 1.86 bits per heavy atom. The second-order valence-corrected chi connectivity index (χ2v) is 19.5. The van der Waals surface area contributed by atoms with Gasteiger partial charge < -0.3 is 75.7 Å². The zero-order valence-corrected chi connectivity index (χ0v) is 42.4. The first-order valence-corrected chi connectivity index (χ1v) is 25.2. The molecule has 3 aliphatic rings. The predicted octanol–water partition coefficient (Wildman–Crippen LogP) is 1.09. The van der Waals surface area contributed by atoms with E-state index >= 15 is 0 Å². The van der Waals surface area contributed by atoms with Crippen LogP contribution in [0.3, 0.4) is 0 Å². The van der Waals surface area contributed by atoms with Crippen molar-refractivity contribution in [2.75, 3.05) is 0 Å². The molecule has 0 spiro atoms. The van der Waals surface area contributed by atoms with Crippen LogP contribution >= 0.6 is 0 Å². The summed E-state index contributed by atoms with van der Waals surface area (Å²) in [5, 5.41) is 110. The van der Waals surface area contributed by atoms with E-state index < -0.39 is 153 Å². The number of rotatable bonds is 4. The molecule has 3 heterocycles. The lowest BCUT2D eigenvalue weighted by Crippen LogP contribution is -2.62. The van der Waals surface area contributed by atoms with Crippen molar-refractivity contribution in [2.24, 2.45) is 23.5 Å². The Balaban J connectivity index is 1.62. The summed E-state index contributed by atoms with van der Waals surface area (Å²) in [6, 6.07) is 6.79. The Bertz CT molecular complexity index is 2100. The molecule has 1 aromatic carbocycles. The molecule has 2 amide bonds. The number of nitrogens with two attached hydrogens (primary N) is 1. The number of hydrogen-bond donors (Lipinski definition) is 13. The predicted molar refractivity (Wildman–Crippen MR) is 271 cm³/mol. The molecular weight excluding hydrogens is 963 g/mol. The van der Waals surface area contributed by atoms with Gasteiger partial charge in [-0.3, -0.25) is 25.2 Å². The number of allylic oxidation sites excluding steroid dienone is 12. The number of hydrazine groups is 1. The maximum Gasteiger partial charge on any atom is 0.308 e. The van der Waals surface area contributed by atoms with Gasteiger partial charge in [0.05, 0.1) is 85.5 Å². The summed E-state index contributed by atoms with van der Waals surface area (Å²) >= 11 is 0. The van der Waals surface area contributed by atoms with Crippen LogP contribution in [0.1, 0.15) is 89.4 Å². The molecule has 2 bridgehead atoms. The van der Waals surface area contributed by atoms with Gasteiger partial charge in [-0.15, -0.1) is 0 Å². The van der Waals surface area contributed by atoms with E-state index in [1.807, 2.05) is 19.1 Å². The number of cyclic esters (lactones) is 1. The van der Waals surface area contributed by atoms with Gasteiger partial charge in [0.15, 0.2) is 12.1 Å². The van der Waals surface area contributed by atoms with Crippen molar-refractivity contribution in [3.05, 3.63) is 121 Å². The molecule has 74 heavy (non-hydrogen) atoms. The smallest absolute Gasteiger partial charge is 0.308 e. The van der Waals surface area contributed by atoms with E-state index in [0.29, 0.717) is 0 Å². The monoisotopic (exact) mass is 1040 g/mol. The van der Waals surface area contributed by atoms with Crippen molar-refractivity contribution in [1.82, 2.24) is 10.9 Å². The highest BCUT2D eigenvalue weighted by molar-refractivity contribution is 5.95. The Morgan fingerprint density at radius 2 is 1.24 bits per heavy atom. The summed E-state index contributed by atoms with van der Waals surface area (Å²) < 4.78 is 23.7. The number of aliphatic hydroxyl groups excluding tert-OH is 9. The highest BCUT2D eigenvalue weighted by Gasteiger charge is 2.51. The Morgan fingerprint density at radius 1 is 0.649 bits per heavy atom. The largest absolute Gasteiger partial charge is 0.462 e. The fraction of sp³-hybridized carbons (Fsp3) is 0.574. The molecule has 0 unspecified atom stereocenters. The lowest BCUT2D eigenvalue weighted by molar-refractivity contribution is -0.307. The Labute approximate surface area is 432 Å². The summed E-state index contributed by atoms with van der Waals surface area (Å²) in [5.74, 6) is -6.96. The number of aliphatic hydroxyl groups is 10. The molecule has 4 rings (SSSR count). The van der Waals surface area contributed by atoms with E-state index in [9.17, 15) is 65.4 Å². The van der Waals surface area contributed by atoms with Crippen LogP contribution < -0.4 is 16.6 Å². The Hall–Kier alpha value is -4.75. The third-order valence-electron chi connectivity index (χ3n) is 13.4. The van der Waals surface area contributed by atoms with E-state index in [1.165, 1.54) is 25.1 Å². The van der Waals surface area contributed by atoms with E-state index in [1.54, 1.807) is 98.9 Å². The summed E-state index contributed by atoms with van der Waals surface area (Å²) in [4.78, 5) is 39.5. The molecule has 20 heteroatoms. The van der Waals surface area contributed by atoms with Crippen LogP contribution in [-0.2, 0) is 28.5 Å². The number of carbonyl (C=O) groups excluding carboxylic acids is 3. The first kappa shape index (κ1) is 61.8. The number of esters is 1. The van der Waals surface area contributed by atoms with Gasteiger partial charge >= 0.3 is 5.97 Å². The van der Waals surface area contributed by atoms with E-state index in [4.69, 9.17) is 24.7 Å². The van der Waals surface area contributed by atoms with Crippen molar-refractivity contribution in [3.63, 3.8) is 0 Å². The normalized spacial score (nSPS) is 41.2. The summed E-state index contributed by atoms with van der Waals surface area (Å²) in [6.07, 6.45) is 3.10. The van der Waals surface area contributed by atoms with Crippen molar-refractivity contribution < 1.29 is 84.4 Å². The molecule has 0 aliphatic carbocycles. The summed E-state index contributed by atoms with van der Waals surface area (Å²) in [7, 11) is 0. The molecule has 2 fully saturated rings. The van der Waals surface area contributed by atoms with Crippen molar-refractivity contribution >= 4 is 17.8 Å². The number of ether oxygens (including phenoxy) is 4. The van der Waals surface area contributed by atoms with Crippen LogP contribution in [-0.4, -0.2) is 166 Å². The van der Waals surface area contributed by atoms with Gasteiger partial charge in [-0.25, -0.2) is 0 Å². The number of hydrogen-bond acceptors (Lipinski definition) is 18. The molecule has 0 radical (unpaired) electrons. The third kappa shape index (κ3) is 20.1. The van der Waals surface area contributed by atoms with E-state index in [0.717, 1.165) is 0 Å². The molecule has 1 aromatic rings. The zero-order chi connectivity index (χ0) is 54.5. The maximum absolute atomic E-state index is 13.9. The SMILES string of the molecule is C[C@@H]1[C@H](O)[C@@H](C)/C=C/C=C/C=C/C=C/C=C/C=C/C=C/[C@H](O[C@H]2O[C@@H](C)[C@@H](O)[C@H](N)[C@@H]2O)C[C@@H]2O[C@](O)(C[C@@H](O)C[C@@H](O)[C@H](O)CC[C@@H](O)C[C@@H](O)CC(=O)O[C@H]1C)C[C@H](O)[C@H]2C(=O)NNC(=O)c1ccccc1. The molecule has 3 aliphatic heterocycles. The van der Waals surface area contributed by atoms with Gasteiger partial charge in [-0.1, -0.05) is 117 Å². The number of carbonyl (C=O) groups is 3. The third-order valence-corrected chi connectivity index (χ3v) is 13.4. The van der Waals surface area contributed by atoms with Crippen LogP contribution in [0.25, 0.3) is 0 Å². The summed E-state index contributed by atoms with van der Waals surface area (Å²) in [5.41, 5.74) is 10.9. The van der Waals surface area contributed by atoms with Gasteiger partial charge in [0.25, 0.3) is 5.91 Å². The van der Waals surface area contributed by atoms with Gasteiger partial charge in [0.1, 0.15) is 12.2 Å². The molecule has 0 aromatic heterocycles. The Kier molecular flexibility index (Phi) is 25.6. The fourth-order valence-corrected chi connectivity index (χ4v) is 8.85. The average molecular weight is 1040 g/mol. The lowest BCUT2D eigenvalue weighted by Gasteiger charge is -2.46. The van der Waals surface area contributed by atoms with Crippen molar-refractivity contribution in [2.45, 2.75) is 177 Å². The number of benzene rings is 1. The number of nitrogens with one attached hydrogen (secondary N) is 2. The lowest BCUT2D eigenvalue weighted by atomic mass is 9.82. The average Bonchev–Trinajstić information content (AvgIpc) is 3.34. The number of fused-ring (bicyclic) bond motifs is 2. The van der Waals surface area contributed by atoms with E-state index in [2.05, 4.69) is 10.9 Å². The first-order valence-electron chi connectivity index (χ1n) is 25.2. The van der Waals surface area contributed by atoms with Gasteiger partial charge in [-0.05, 0) is 45.2 Å². The molecule has 20 nitrogen and oxygen atoms in total. The molecule has 2 saturated heterocycles. The minimum absolute atomic E-state index is 0.122. The standard InChI is InChI=1S/C54H79N3O17/c1-32-20-16-13-11-9-7-5-6-8-10-12-14-19-23-40(73-53-50(67)47(55)49(66)35(4)72-53)29-44-46(52(69)57-56-51(68)36-21-17-15-18-22-36)43(63)31-54(70,74-44)30-39(60)27-42(62)41(61)25-24-37(58)26-38(59)28-45(64)71-34(3)33(2)48(32)65/h5-23,32-35,37-44,46-50,53,58-63,65-67,70H,24-31,55H2,1-4H3,(H,56,68)(H,57,69)/b6-5+,9-7+,10-8+,13-11+,14-12+,20-16+,23-19+/t32-,33-,34-,35-,37+,38+,39-,40-,41+,42+,43-,44-,46+,47-,48+,49+,50-,53+,54+/m0/s1. The minimum atomic E-state index is -2.37. The molecule has 14 N–H and O–H groups in total. The second-order valence-electron chi connectivity index (χ2n) is 19.5. The van der Waals surface area contributed by atoms with Gasteiger partial charge in [-0.2, -0.15) is 0 Å².